The van der Waals surface area contributed by atoms with Crippen molar-refractivity contribution in [3.05, 3.63) is 35.5 Å². The molecule has 1 heterocycles. The van der Waals surface area contributed by atoms with Crippen molar-refractivity contribution in [3.63, 3.8) is 0 Å². The second-order valence-corrected chi connectivity index (χ2v) is 6.69. The molecule has 0 radical (unpaired) electrons. The number of rotatable bonds is 5. The van der Waals surface area contributed by atoms with Crippen molar-refractivity contribution >= 4 is 22.5 Å². The monoisotopic (exact) mass is 325 g/mol. The lowest BCUT2D eigenvalue weighted by molar-refractivity contribution is -0.115. The van der Waals surface area contributed by atoms with Gasteiger partial charge in [0.15, 0.2) is 0 Å². The number of carbonyl (C=O) groups is 1. The fourth-order valence-electron chi connectivity index (χ4n) is 3.59. The third kappa shape index (κ3) is 3.75. The summed E-state index contributed by atoms with van der Waals surface area (Å²) in [5.74, 6) is 0.0297. The van der Waals surface area contributed by atoms with E-state index in [0.29, 0.717) is 12.6 Å². The predicted molar refractivity (Wildman–Crippen MR) is 99.4 cm³/mol. The van der Waals surface area contributed by atoms with Gasteiger partial charge in [-0.2, -0.15) is 0 Å². The largest absolute Gasteiger partial charge is 0.324 e. The summed E-state index contributed by atoms with van der Waals surface area (Å²) < 4.78 is 0. The summed E-state index contributed by atoms with van der Waals surface area (Å²) in [6, 6.07) is 8.50. The van der Waals surface area contributed by atoms with Gasteiger partial charge in [-0.1, -0.05) is 44.4 Å². The Labute approximate surface area is 144 Å². The van der Waals surface area contributed by atoms with Crippen LogP contribution in [0.2, 0.25) is 0 Å². The standard InChI is InChI=1S/C20H27N3O/c1-3-17-14(2)20(16-11-7-8-12-18(16)22-17)23-19(24)13-21-15-9-5-4-6-10-15/h7-8,11-12,15,21H,3-6,9-10,13H2,1-2H3,(H,22,23,24). The highest BCUT2D eigenvalue weighted by molar-refractivity contribution is 6.03. The molecule has 1 saturated carbocycles. The van der Waals surface area contributed by atoms with E-state index in [1.807, 2.05) is 31.2 Å². The fourth-order valence-corrected chi connectivity index (χ4v) is 3.59. The molecule has 0 spiro atoms. The molecule has 4 heteroatoms. The van der Waals surface area contributed by atoms with E-state index < -0.39 is 0 Å². The number of para-hydroxylation sites is 1. The lowest BCUT2D eigenvalue weighted by Gasteiger charge is -2.22. The number of anilines is 1. The van der Waals surface area contributed by atoms with Gasteiger partial charge in [0.1, 0.15) is 0 Å². The Morgan fingerprint density at radius 3 is 2.71 bits per heavy atom. The van der Waals surface area contributed by atoms with Crippen molar-refractivity contribution in [2.24, 2.45) is 0 Å². The number of nitrogens with one attached hydrogen (secondary N) is 2. The zero-order valence-electron chi connectivity index (χ0n) is 14.7. The maximum Gasteiger partial charge on any atom is 0.238 e. The van der Waals surface area contributed by atoms with Crippen molar-refractivity contribution in [3.8, 4) is 0 Å². The van der Waals surface area contributed by atoms with E-state index in [1.54, 1.807) is 0 Å². The minimum Gasteiger partial charge on any atom is -0.324 e. The van der Waals surface area contributed by atoms with E-state index in [4.69, 9.17) is 4.98 Å². The van der Waals surface area contributed by atoms with Crippen LogP contribution in [-0.4, -0.2) is 23.5 Å². The fraction of sp³-hybridized carbons (Fsp3) is 0.500. The van der Waals surface area contributed by atoms with Crippen LogP contribution in [0.25, 0.3) is 10.9 Å². The highest BCUT2D eigenvalue weighted by atomic mass is 16.1. The van der Waals surface area contributed by atoms with Crippen LogP contribution in [0.15, 0.2) is 24.3 Å². The van der Waals surface area contributed by atoms with E-state index in [1.165, 1.54) is 32.1 Å². The van der Waals surface area contributed by atoms with Crippen LogP contribution in [-0.2, 0) is 11.2 Å². The lowest BCUT2D eigenvalue weighted by Crippen LogP contribution is -2.37. The molecule has 2 aromatic rings. The minimum atomic E-state index is 0.0297. The third-order valence-electron chi connectivity index (χ3n) is 4.99. The van der Waals surface area contributed by atoms with Gasteiger partial charge in [0.05, 0.1) is 17.7 Å². The zero-order chi connectivity index (χ0) is 16.9. The van der Waals surface area contributed by atoms with E-state index in [0.717, 1.165) is 34.3 Å². The van der Waals surface area contributed by atoms with Gasteiger partial charge in [0, 0.05) is 17.1 Å². The average molecular weight is 325 g/mol. The van der Waals surface area contributed by atoms with E-state index in [2.05, 4.69) is 17.6 Å². The van der Waals surface area contributed by atoms with Crippen molar-refractivity contribution < 1.29 is 4.79 Å². The molecule has 1 aromatic carbocycles. The Morgan fingerprint density at radius 2 is 1.96 bits per heavy atom. The first-order chi connectivity index (χ1) is 11.7. The molecule has 0 bridgehead atoms. The molecular formula is C20H27N3O. The van der Waals surface area contributed by atoms with Crippen LogP contribution < -0.4 is 10.6 Å². The van der Waals surface area contributed by atoms with Crippen LogP contribution in [0.3, 0.4) is 0 Å². The molecule has 0 atom stereocenters. The van der Waals surface area contributed by atoms with Gasteiger partial charge in [-0.25, -0.2) is 0 Å². The van der Waals surface area contributed by atoms with Gasteiger partial charge in [0.2, 0.25) is 5.91 Å². The van der Waals surface area contributed by atoms with Gasteiger partial charge in [-0.05, 0) is 37.8 Å². The summed E-state index contributed by atoms with van der Waals surface area (Å²) in [7, 11) is 0. The molecule has 1 amide bonds. The molecule has 1 fully saturated rings. The molecule has 3 rings (SSSR count). The number of hydrogen-bond acceptors (Lipinski definition) is 3. The average Bonchev–Trinajstić information content (AvgIpc) is 2.63. The second-order valence-electron chi connectivity index (χ2n) is 6.69. The van der Waals surface area contributed by atoms with Crippen LogP contribution in [0.1, 0.15) is 50.3 Å². The Bertz CT molecular complexity index is 720. The van der Waals surface area contributed by atoms with Crippen LogP contribution >= 0.6 is 0 Å². The van der Waals surface area contributed by atoms with Crippen molar-refractivity contribution in [2.75, 3.05) is 11.9 Å². The lowest BCUT2D eigenvalue weighted by atomic mass is 9.95. The topological polar surface area (TPSA) is 54.0 Å². The van der Waals surface area contributed by atoms with Gasteiger partial charge in [-0.15, -0.1) is 0 Å². The Hall–Kier alpha value is -1.94. The van der Waals surface area contributed by atoms with Crippen LogP contribution in [0.5, 0.6) is 0 Å². The Balaban J connectivity index is 1.75. The van der Waals surface area contributed by atoms with Crippen molar-refractivity contribution in [1.29, 1.82) is 0 Å². The molecule has 2 N–H and O–H groups in total. The maximum atomic E-state index is 12.5. The molecule has 24 heavy (non-hydrogen) atoms. The third-order valence-corrected chi connectivity index (χ3v) is 4.99. The molecule has 0 saturated heterocycles. The number of benzene rings is 1. The van der Waals surface area contributed by atoms with Crippen molar-refractivity contribution in [2.45, 2.75) is 58.4 Å². The number of hydrogen-bond donors (Lipinski definition) is 2. The molecule has 1 aliphatic rings. The number of amides is 1. The summed E-state index contributed by atoms with van der Waals surface area (Å²) in [5.41, 5.74) is 3.97. The highest BCUT2D eigenvalue weighted by Gasteiger charge is 2.16. The van der Waals surface area contributed by atoms with E-state index in [-0.39, 0.29) is 5.91 Å². The number of aromatic nitrogens is 1. The predicted octanol–water partition coefficient (Wildman–Crippen LogP) is 3.97. The zero-order valence-corrected chi connectivity index (χ0v) is 14.7. The molecular weight excluding hydrogens is 298 g/mol. The normalized spacial score (nSPS) is 15.6. The number of nitrogens with zero attached hydrogens (tertiary/aromatic N) is 1. The smallest absolute Gasteiger partial charge is 0.238 e. The van der Waals surface area contributed by atoms with Gasteiger partial charge in [0.25, 0.3) is 0 Å². The molecule has 1 aliphatic carbocycles. The summed E-state index contributed by atoms with van der Waals surface area (Å²) in [6.07, 6.45) is 7.10. The summed E-state index contributed by atoms with van der Waals surface area (Å²) >= 11 is 0. The number of aryl methyl sites for hydroxylation is 1. The Morgan fingerprint density at radius 1 is 1.21 bits per heavy atom. The molecule has 4 nitrogen and oxygen atoms in total. The first-order valence-electron chi connectivity index (χ1n) is 9.10. The second kappa shape index (κ2) is 7.75. The quantitative estimate of drug-likeness (QED) is 0.874. The van der Waals surface area contributed by atoms with E-state index >= 15 is 0 Å². The maximum absolute atomic E-state index is 12.5. The van der Waals surface area contributed by atoms with Crippen LogP contribution in [0, 0.1) is 6.92 Å². The summed E-state index contributed by atoms with van der Waals surface area (Å²) in [6.45, 7) is 4.52. The van der Waals surface area contributed by atoms with Crippen LogP contribution in [0.4, 0.5) is 5.69 Å². The molecule has 0 unspecified atom stereocenters. The first kappa shape index (κ1) is 16.9. The SMILES string of the molecule is CCc1nc2ccccc2c(NC(=O)CNC2CCCCC2)c1C. The van der Waals surface area contributed by atoms with Crippen molar-refractivity contribution in [1.82, 2.24) is 10.3 Å². The molecule has 128 valence electrons. The number of pyridine rings is 1. The Kier molecular flexibility index (Phi) is 5.46. The minimum absolute atomic E-state index is 0.0297. The van der Waals surface area contributed by atoms with Gasteiger partial charge >= 0.3 is 0 Å². The number of carbonyl (C=O) groups excluding carboxylic acids is 1. The van der Waals surface area contributed by atoms with E-state index in [9.17, 15) is 4.79 Å². The highest BCUT2D eigenvalue weighted by Crippen LogP contribution is 2.28. The van der Waals surface area contributed by atoms with Gasteiger partial charge in [-0.3, -0.25) is 9.78 Å². The summed E-state index contributed by atoms with van der Waals surface area (Å²) in [5, 5.41) is 7.55. The number of fused-ring (bicyclic) bond motifs is 1. The molecule has 0 aliphatic heterocycles. The van der Waals surface area contributed by atoms with Gasteiger partial charge < -0.3 is 10.6 Å². The first-order valence-corrected chi connectivity index (χ1v) is 9.10. The molecule has 1 aromatic heterocycles. The summed E-state index contributed by atoms with van der Waals surface area (Å²) in [4.78, 5) is 17.2.